The Morgan fingerprint density at radius 3 is 2.50 bits per heavy atom. The average Bonchev–Trinajstić information content (AvgIpc) is 2.90. The highest BCUT2D eigenvalue weighted by Crippen LogP contribution is 2.45. The summed E-state index contributed by atoms with van der Waals surface area (Å²) < 4.78 is 34.6. The second-order valence-corrected chi connectivity index (χ2v) is 6.61. The van der Waals surface area contributed by atoms with E-state index in [1.54, 1.807) is 27.7 Å². The predicted molar refractivity (Wildman–Crippen MR) is 73.7 cm³/mol. The molecule has 124 valence electrons. The maximum Gasteiger partial charge on any atom is 0.330 e. The summed E-state index contributed by atoms with van der Waals surface area (Å²) in [4.78, 5) is 11.7. The van der Waals surface area contributed by atoms with Gasteiger partial charge in [-0.3, -0.25) is 0 Å². The largest absolute Gasteiger partial charge is 0.450 e. The minimum atomic E-state index is -1.20. The monoisotopic (exact) mass is 314 g/mol. The van der Waals surface area contributed by atoms with Crippen molar-refractivity contribution in [2.75, 3.05) is 13.2 Å². The zero-order valence-corrected chi connectivity index (χ0v) is 13.3. The quantitative estimate of drug-likeness (QED) is 0.558. The highest BCUT2D eigenvalue weighted by Gasteiger charge is 2.64. The third-order valence-electron chi connectivity index (χ3n) is 3.89. The molecule has 0 unspecified atom stereocenters. The van der Waals surface area contributed by atoms with Crippen LogP contribution in [-0.2, 0) is 33.2 Å². The molecule has 1 spiro atoms. The molecule has 3 aliphatic rings. The Bertz CT molecular complexity index is 484. The fraction of sp³-hybridized carbons (Fsp3) is 0.800. The Morgan fingerprint density at radius 2 is 1.91 bits per heavy atom. The second kappa shape index (κ2) is 5.01. The van der Waals surface area contributed by atoms with Gasteiger partial charge in [-0.05, 0) is 27.7 Å². The van der Waals surface area contributed by atoms with Crippen molar-refractivity contribution in [2.24, 2.45) is 0 Å². The number of hydrogen-bond donors (Lipinski definition) is 0. The van der Waals surface area contributed by atoms with Gasteiger partial charge in [-0.1, -0.05) is 6.58 Å². The van der Waals surface area contributed by atoms with Gasteiger partial charge >= 0.3 is 5.97 Å². The predicted octanol–water partition coefficient (Wildman–Crippen LogP) is 1.11. The lowest BCUT2D eigenvalue weighted by Crippen LogP contribution is -2.63. The first kappa shape index (κ1) is 15.9. The van der Waals surface area contributed by atoms with Crippen LogP contribution in [0.25, 0.3) is 0 Å². The molecule has 7 nitrogen and oxygen atoms in total. The number of carbonyl (C=O) groups is 1. The van der Waals surface area contributed by atoms with E-state index in [-0.39, 0.29) is 19.3 Å². The van der Waals surface area contributed by atoms with Gasteiger partial charge in [0.25, 0.3) is 0 Å². The number of hydrogen-bond acceptors (Lipinski definition) is 7. The first-order valence-corrected chi connectivity index (χ1v) is 7.33. The Morgan fingerprint density at radius 1 is 1.18 bits per heavy atom. The fourth-order valence-corrected chi connectivity index (χ4v) is 3.10. The number of ether oxygens (including phenoxy) is 6. The van der Waals surface area contributed by atoms with Gasteiger partial charge in [0.2, 0.25) is 5.79 Å². The van der Waals surface area contributed by atoms with Crippen molar-refractivity contribution in [3.8, 4) is 0 Å². The molecule has 0 aliphatic carbocycles. The van der Waals surface area contributed by atoms with Crippen LogP contribution in [0.15, 0.2) is 12.7 Å². The molecule has 3 aliphatic heterocycles. The van der Waals surface area contributed by atoms with Gasteiger partial charge in [0.15, 0.2) is 17.7 Å². The zero-order valence-electron chi connectivity index (χ0n) is 13.3. The molecule has 3 rings (SSSR count). The van der Waals surface area contributed by atoms with Crippen molar-refractivity contribution >= 4 is 5.97 Å². The van der Waals surface area contributed by atoms with E-state index in [4.69, 9.17) is 28.4 Å². The van der Waals surface area contributed by atoms with Gasteiger partial charge in [0.1, 0.15) is 18.8 Å². The highest BCUT2D eigenvalue weighted by molar-refractivity contribution is 5.81. The number of carbonyl (C=O) groups excluding carboxylic acids is 1. The molecule has 3 saturated heterocycles. The minimum absolute atomic E-state index is 0.141. The molecule has 0 N–H and O–H groups in total. The Kier molecular flexibility index (Phi) is 3.61. The Balaban J connectivity index is 1.90. The summed E-state index contributed by atoms with van der Waals surface area (Å²) in [5.41, 5.74) is 0. The summed E-state index contributed by atoms with van der Waals surface area (Å²) in [6.45, 7) is 11.0. The normalized spacial score (nSPS) is 42.1. The van der Waals surface area contributed by atoms with E-state index in [1.165, 1.54) is 0 Å². The van der Waals surface area contributed by atoms with Crippen molar-refractivity contribution in [2.45, 2.75) is 63.4 Å². The van der Waals surface area contributed by atoms with Gasteiger partial charge in [-0.25, -0.2) is 4.79 Å². The molecule has 0 aromatic rings. The SMILES string of the molecule is C=CC(=O)O[C@H]1[C@@H]2OC(C)(C)O[C@@H]2CO[C@]12COC(C)(C)O2. The van der Waals surface area contributed by atoms with Crippen LogP contribution in [0.2, 0.25) is 0 Å². The molecule has 3 heterocycles. The molecule has 0 radical (unpaired) electrons. The molecule has 0 saturated carbocycles. The topological polar surface area (TPSA) is 72.5 Å². The van der Waals surface area contributed by atoms with Crippen LogP contribution in [0, 0.1) is 0 Å². The highest BCUT2D eigenvalue weighted by atomic mass is 16.9. The third kappa shape index (κ3) is 2.68. The molecular weight excluding hydrogens is 292 g/mol. The maximum absolute atomic E-state index is 11.7. The molecule has 0 bridgehead atoms. The van der Waals surface area contributed by atoms with Gasteiger partial charge < -0.3 is 28.4 Å². The summed E-state index contributed by atoms with van der Waals surface area (Å²) in [5.74, 6) is -3.39. The third-order valence-corrected chi connectivity index (χ3v) is 3.89. The minimum Gasteiger partial charge on any atom is -0.450 e. The van der Waals surface area contributed by atoms with E-state index in [2.05, 4.69) is 6.58 Å². The smallest absolute Gasteiger partial charge is 0.330 e. The van der Waals surface area contributed by atoms with Crippen LogP contribution in [0.3, 0.4) is 0 Å². The summed E-state index contributed by atoms with van der Waals surface area (Å²) in [6.07, 6.45) is -0.542. The summed E-state index contributed by atoms with van der Waals surface area (Å²) >= 11 is 0. The molecule has 22 heavy (non-hydrogen) atoms. The molecule has 3 fully saturated rings. The van der Waals surface area contributed by atoms with E-state index in [1.807, 2.05) is 0 Å². The average molecular weight is 314 g/mol. The van der Waals surface area contributed by atoms with Gasteiger partial charge in [-0.2, -0.15) is 0 Å². The Hall–Kier alpha value is -0.990. The lowest BCUT2D eigenvalue weighted by atomic mass is 9.97. The molecule has 7 heteroatoms. The van der Waals surface area contributed by atoms with Gasteiger partial charge in [-0.15, -0.1) is 0 Å². The van der Waals surface area contributed by atoms with Crippen molar-refractivity contribution in [3.05, 3.63) is 12.7 Å². The van der Waals surface area contributed by atoms with Gasteiger partial charge in [0.05, 0.1) is 6.61 Å². The molecule has 0 amide bonds. The lowest BCUT2D eigenvalue weighted by molar-refractivity contribution is -0.327. The number of rotatable bonds is 2. The standard InChI is InChI=1S/C15H22O7/c1-6-10(16)19-12-11-9(20-14(4,5)21-11)7-17-15(12)8-18-13(2,3)22-15/h6,9,11-12H,1,7-8H2,2-5H3/t9-,11-,12+,15+/m1/s1. The Labute approximate surface area is 129 Å². The van der Waals surface area contributed by atoms with E-state index in [9.17, 15) is 4.79 Å². The lowest BCUT2D eigenvalue weighted by Gasteiger charge is -2.43. The van der Waals surface area contributed by atoms with Crippen molar-refractivity contribution in [1.29, 1.82) is 0 Å². The molecule has 4 atom stereocenters. The molecule has 0 aromatic carbocycles. The second-order valence-electron chi connectivity index (χ2n) is 6.61. The summed E-state index contributed by atoms with van der Waals surface area (Å²) in [6, 6.07) is 0. The molecular formula is C15H22O7. The van der Waals surface area contributed by atoms with Crippen LogP contribution in [0.5, 0.6) is 0 Å². The van der Waals surface area contributed by atoms with Crippen molar-refractivity contribution < 1.29 is 33.2 Å². The van der Waals surface area contributed by atoms with E-state index >= 15 is 0 Å². The van der Waals surface area contributed by atoms with Crippen LogP contribution in [0.4, 0.5) is 0 Å². The first-order valence-electron chi connectivity index (χ1n) is 7.33. The van der Waals surface area contributed by atoms with Crippen LogP contribution in [0.1, 0.15) is 27.7 Å². The maximum atomic E-state index is 11.7. The van der Waals surface area contributed by atoms with Crippen molar-refractivity contribution in [3.63, 3.8) is 0 Å². The molecule has 0 aromatic heterocycles. The zero-order chi connectivity index (χ0) is 16.2. The fourth-order valence-electron chi connectivity index (χ4n) is 3.10. The number of fused-ring (bicyclic) bond motifs is 1. The summed E-state index contributed by atoms with van der Waals surface area (Å²) in [5, 5.41) is 0. The summed E-state index contributed by atoms with van der Waals surface area (Å²) in [7, 11) is 0. The first-order chi connectivity index (χ1) is 10.2. The van der Waals surface area contributed by atoms with Crippen LogP contribution in [-0.4, -0.2) is 54.9 Å². The van der Waals surface area contributed by atoms with Crippen LogP contribution < -0.4 is 0 Å². The van der Waals surface area contributed by atoms with Gasteiger partial charge in [0, 0.05) is 6.08 Å². The van der Waals surface area contributed by atoms with Crippen molar-refractivity contribution in [1.82, 2.24) is 0 Å². The van der Waals surface area contributed by atoms with E-state index < -0.39 is 35.5 Å². The number of esters is 1. The van der Waals surface area contributed by atoms with E-state index in [0.717, 1.165) is 6.08 Å². The van der Waals surface area contributed by atoms with Crippen LogP contribution >= 0.6 is 0 Å². The van der Waals surface area contributed by atoms with E-state index in [0.29, 0.717) is 0 Å².